The molecule has 0 unspecified atom stereocenters. The lowest BCUT2D eigenvalue weighted by Gasteiger charge is -2.06. The van der Waals surface area contributed by atoms with E-state index in [9.17, 15) is 13.2 Å². The van der Waals surface area contributed by atoms with Crippen LogP contribution in [0.3, 0.4) is 0 Å². The first-order chi connectivity index (χ1) is 6.89. The first-order valence-corrected chi connectivity index (χ1v) is 5.32. The van der Waals surface area contributed by atoms with Gasteiger partial charge in [0.1, 0.15) is 0 Å². The maximum Gasteiger partial charge on any atom is 0.423 e. The van der Waals surface area contributed by atoms with Gasteiger partial charge < -0.3 is 5.11 Å². The minimum atomic E-state index is -3.78. The van der Waals surface area contributed by atoms with Crippen LogP contribution in [-0.4, -0.2) is 19.6 Å². The average molecular weight is 231 g/mol. The van der Waals surface area contributed by atoms with Crippen LogP contribution < -0.4 is 16.0 Å². The molecule has 82 valence electrons. The maximum atomic E-state index is 10.9. The van der Waals surface area contributed by atoms with E-state index in [0.717, 1.165) is 0 Å². The van der Waals surface area contributed by atoms with E-state index >= 15 is 0 Å². The smallest absolute Gasteiger partial charge is 0.423 e. The molecule has 0 aliphatic heterocycles. The molecule has 0 fully saturated rings. The number of hydrogen-bond donors (Lipinski definition) is 4. The first kappa shape index (κ1) is 11.3. The van der Waals surface area contributed by atoms with Crippen LogP contribution in [0.5, 0.6) is 0 Å². The Morgan fingerprint density at radius 1 is 1.40 bits per heavy atom. The summed E-state index contributed by atoms with van der Waals surface area (Å²) in [6, 6.07) is 5.45. The summed E-state index contributed by atoms with van der Waals surface area (Å²) < 4.78 is 21.9. The van der Waals surface area contributed by atoms with Gasteiger partial charge in [-0.2, -0.15) is 0 Å². The number of sulfonamides is 1. The number of primary sulfonamides is 1. The van der Waals surface area contributed by atoms with Gasteiger partial charge >= 0.3 is 6.09 Å². The zero-order valence-corrected chi connectivity index (χ0v) is 8.28. The fraction of sp³-hybridized carbons (Fsp3) is 0. The largest absolute Gasteiger partial charge is 0.464 e. The number of amides is 1. The zero-order valence-electron chi connectivity index (χ0n) is 7.47. The summed E-state index contributed by atoms with van der Waals surface area (Å²) in [6.45, 7) is 0. The van der Waals surface area contributed by atoms with Gasteiger partial charge in [0.2, 0.25) is 10.0 Å². The summed E-state index contributed by atoms with van der Waals surface area (Å²) in [5.41, 5.74) is 4.44. The SMILES string of the molecule is NS(=O)(=O)c1cccc(NNC(=O)O)c1. The van der Waals surface area contributed by atoms with Crippen molar-refractivity contribution in [2.75, 3.05) is 5.43 Å². The van der Waals surface area contributed by atoms with Gasteiger partial charge in [-0.1, -0.05) is 6.07 Å². The number of rotatable bonds is 3. The number of hydrogen-bond acceptors (Lipinski definition) is 4. The van der Waals surface area contributed by atoms with E-state index in [4.69, 9.17) is 10.2 Å². The minimum Gasteiger partial charge on any atom is -0.464 e. The van der Waals surface area contributed by atoms with E-state index in [-0.39, 0.29) is 10.6 Å². The quantitative estimate of drug-likeness (QED) is 0.542. The Bertz CT molecular complexity index is 471. The minimum absolute atomic E-state index is 0.0975. The van der Waals surface area contributed by atoms with Gasteiger partial charge in [0, 0.05) is 0 Å². The zero-order chi connectivity index (χ0) is 11.5. The lowest BCUT2D eigenvalue weighted by atomic mass is 10.3. The van der Waals surface area contributed by atoms with Crippen molar-refractivity contribution in [3.05, 3.63) is 24.3 Å². The number of anilines is 1. The number of nitrogens with one attached hydrogen (secondary N) is 2. The Morgan fingerprint density at radius 3 is 2.60 bits per heavy atom. The molecule has 1 amide bonds. The normalized spacial score (nSPS) is 10.7. The monoisotopic (exact) mass is 231 g/mol. The summed E-state index contributed by atoms with van der Waals surface area (Å²) in [5, 5.41) is 13.2. The third kappa shape index (κ3) is 3.44. The summed E-state index contributed by atoms with van der Waals surface area (Å²) in [7, 11) is -3.78. The Morgan fingerprint density at radius 2 is 2.07 bits per heavy atom. The van der Waals surface area contributed by atoms with Gasteiger partial charge in [0.05, 0.1) is 10.6 Å². The first-order valence-electron chi connectivity index (χ1n) is 3.77. The van der Waals surface area contributed by atoms with Crippen molar-refractivity contribution in [2.45, 2.75) is 4.90 Å². The van der Waals surface area contributed by atoms with Crippen molar-refractivity contribution < 1.29 is 18.3 Å². The molecule has 0 bridgehead atoms. The molecule has 5 N–H and O–H groups in total. The van der Waals surface area contributed by atoms with Crippen molar-refractivity contribution in [1.82, 2.24) is 5.43 Å². The molecular weight excluding hydrogens is 222 g/mol. The van der Waals surface area contributed by atoms with E-state index in [2.05, 4.69) is 5.43 Å². The Balaban J connectivity index is 2.89. The number of carboxylic acid groups (broad SMARTS) is 1. The van der Waals surface area contributed by atoms with Crippen LogP contribution in [0.1, 0.15) is 0 Å². The van der Waals surface area contributed by atoms with Crippen LogP contribution in [0.15, 0.2) is 29.2 Å². The molecule has 0 saturated carbocycles. The second-order valence-corrected chi connectivity index (χ2v) is 4.19. The molecule has 1 aromatic carbocycles. The predicted molar refractivity (Wildman–Crippen MR) is 52.6 cm³/mol. The molecule has 1 aromatic rings. The van der Waals surface area contributed by atoms with Gasteiger partial charge in [-0.25, -0.2) is 23.8 Å². The van der Waals surface area contributed by atoms with Gasteiger partial charge in [-0.3, -0.25) is 5.43 Å². The average Bonchev–Trinajstić information content (AvgIpc) is 2.14. The van der Waals surface area contributed by atoms with Crippen molar-refractivity contribution >= 4 is 21.8 Å². The molecule has 8 heteroatoms. The van der Waals surface area contributed by atoms with Crippen LogP contribution >= 0.6 is 0 Å². The van der Waals surface area contributed by atoms with E-state index in [1.807, 2.05) is 5.43 Å². The fourth-order valence-corrected chi connectivity index (χ4v) is 1.44. The highest BCUT2D eigenvalue weighted by molar-refractivity contribution is 7.89. The summed E-state index contributed by atoms with van der Waals surface area (Å²) in [4.78, 5) is 10.0. The number of hydrazine groups is 1. The number of carbonyl (C=O) groups is 1. The Labute approximate surface area is 85.9 Å². The molecule has 1 rings (SSSR count). The molecule has 0 aliphatic rings. The lowest BCUT2D eigenvalue weighted by Crippen LogP contribution is -2.27. The van der Waals surface area contributed by atoms with E-state index in [0.29, 0.717) is 0 Å². The highest BCUT2D eigenvalue weighted by Crippen LogP contribution is 2.12. The standard InChI is InChI=1S/C7H9N3O4S/c8-15(13,14)6-3-1-2-5(4-6)9-10-7(11)12/h1-4,9-10H,(H,11,12)(H2,8,13,14). The Kier molecular flexibility index (Phi) is 3.12. The second-order valence-electron chi connectivity index (χ2n) is 2.63. The molecule has 0 spiro atoms. The fourth-order valence-electron chi connectivity index (χ4n) is 0.876. The molecule has 0 aliphatic carbocycles. The van der Waals surface area contributed by atoms with Crippen LogP contribution in [-0.2, 0) is 10.0 Å². The highest BCUT2D eigenvalue weighted by atomic mass is 32.2. The van der Waals surface area contributed by atoms with Gasteiger partial charge in [0.15, 0.2) is 0 Å². The molecule has 0 heterocycles. The predicted octanol–water partition coefficient (Wildman–Crippen LogP) is -0.0715. The van der Waals surface area contributed by atoms with E-state index < -0.39 is 16.1 Å². The molecule has 0 saturated heterocycles. The number of nitrogens with two attached hydrogens (primary N) is 1. The third-order valence-electron chi connectivity index (χ3n) is 1.48. The topological polar surface area (TPSA) is 122 Å². The lowest BCUT2D eigenvalue weighted by molar-refractivity contribution is 0.197. The maximum absolute atomic E-state index is 10.9. The van der Waals surface area contributed by atoms with Crippen LogP contribution in [0.4, 0.5) is 10.5 Å². The van der Waals surface area contributed by atoms with E-state index in [1.54, 1.807) is 0 Å². The summed E-state index contributed by atoms with van der Waals surface area (Å²) >= 11 is 0. The van der Waals surface area contributed by atoms with Crippen molar-refractivity contribution in [3.63, 3.8) is 0 Å². The molecular formula is C7H9N3O4S. The molecule has 0 radical (unpaired) electrons. The summed E-state index contributed by atoms with van der Waals surface area (Å²) in [5.74, 6) is 0. The molecule has 7 nitrogen and oxygen atoms in total. The van der Waals surface area contributed by atoms with Gasteiger partial charge in [0.25, 0.3) is 0 Å². The van der Waals surface area contributed by atoms with E-state index in [1.165, 1.54) is 24.3 Å². The third-order valence-corrected chi connectivity index (χ3v) is 2.39. The molecule has 15 heavy (non-hydrogen) atoms. The summed E-state index contributed by atoms with van der Waals surface area (Å²) in [6.07, 6.45) is -1.28. The van der Waals surface area contributed by atoms with Crippen molar-refractivity contribution in [1.29, 1.82) is 0 Å². The van der Waals surface area contributed by atoms with Crippen molar-refractivity contribution in [3.8, 4) is 0 Å². The van der Waals surface area contributed by atoms with Crippen molar-refractivity contribution in [2.24, 2.45) is 5.14 Å². The van der Waals surface area contributed by atoms with Gasteiger partial charge in [-0.05, 0) is 18.2 Å². The van der Waals surface area contributed by atoms with Crippen LogP contribution in [0.2, 0.25) is 0 Å². The second kappa shape index (κ2) is 4.15. The molecule has 0 atom stereocenters. The highest BCUT2D eigenvalue weighted by Gasteiger charge is 2.07. The number of benzene rings is 1. The Hall–Kier alpha value is -1.80. The van der Waals surface area contributed by atoms with Crippen LogP contribution in [0.25, 0.3) is 0 Å². The van der Waals surface area contributed by atoms with Gasteiger partial charge in [-0.15, -0.1) is 0 Å². The van der Waals surface area contributed by atoms with Crippen LogP contribution in [0, 0.1) is 0 Å². The molecule has 0 aromatic heterocycles.